The van der Waals surface area contributed by atoms with Gasteiger partial charge >= 0.3 is 5.97 Å². The highest BCUT2D eigenvalue weighted by atomic mass is 16.5. The third-order valence-corrected chi connectivity index (χ3v) is 3.74. The van der Waals surface area contributed by atoms with Crippen LogP contribution in [0.2, 0.25) is 0 Å². The van der Waals surface area contributed by atoms with E-state index in [1.165, 1.54) is 7.11 Å². The second-order valence-corrected chi connectivity index (χ2v) is 5.11. The fraction of sp³-hybridized carbons (Fsp3) is 0.467. The Kier molecular flexibility index (Phi) is 4.39. The maximum atomic E-state index is 12.3. The van der Waals surface area contributed by atoms with Gasteiger partial charge in [-0.05, 0) is 18.4 Å². The predicted molar refractivity (Wildman–Crippen MR) is 73.4 cm³/mol. The summed E-state index contributed by atoms with van der Waals surface area (Å²) in [6.45, 7) is 0.218. The van der Waals surface area contributed by atoms with Gasteiger partial charge in [0.05, 0.1) is 17.9 Å². The summed E-state index contributed by atoms with van der Waals surface area (Å²) >= 11 is 0. The van der Waals surface area contributed by atoms with E-state index in [0.29, 0.717) is 0 Å². The standard InChI is InChI=1S/C15H19NO4/c1-20-12(9-13(17)18)10-16-14(19)15(7-8-15)11-5-3-2-4-6-11/h2-6,12H,7-10H2,1H3,(H,16,19)(H,17,18). The van der Waals surface area contributed by atoms with E-state index >= 15 is 0 Å². The number of amides is 1. The molecule has 1 unspecified atom stereocenters. The van der Waals surface area contributed by atoms with Crippen LogP contribution in [-0.4, -0.2) is 36.7 Å². The summed E-state index contributed by atoms with van der Waals surface area (Å²) in [6.07, 6.45) is 1.05. The van der Waals surface area contributed by atoms with Gasteiger partial charge < -0.3 is 15.2 Å². The Morgan fingerprint density at radius 1 is 1.35 bits per heavy atom. The fourth-order valence-electron chi connectivity index (χ4n) is 2.34. The molecule has 0 aliphatic heterocycles. The van der Waals surface area contributed by atoms with E-state index in [2.05, 4.69) is 5.32 Å². The second kappa shape index (κ2) is 6.05. The molecule has 0 saturated heterocycles. The van der Waals surface area contributed by atoms with Crippen LogP contribution in [-0.2, 0) is 19.7 Å². The van der Waals surface area contributed by atoms with Crippen molar-refractivity contribution in [2.24, 2.45) is 0 Å². The van der Waals surface area contributed by atoms with Crippen LogP contribution in [0.25, 0.3) is 0 Å². The third kappa shape index (κ3) is 3.17. The van der Waals surface area contributed by atoms with E-state index in [1.54, 1.807) is 0 Å². The lowest BCUT2D eigenvalue weighted by atomic mass is 9.95. The normalized spacial score (nSPS) is 17.2. The number of carboxylic acids is 1. The number of hydrogen-bond donors (Lipinski definition) is 2. The summed E-state index contributed by atoms with van der Waals surface area (Å²) in [6, 6.07) is 9.68. The van der Waals surface area contributed by atoms with Gasteiger partial charge in [-0.15, -0.1) is 0 Å². The zero-order chi connectivity index (χ0) is 14.6. The van der Waals surface area contributed by atoms with Crippen LogP contribution in [0, 0.1) is 0 Å². The summed E-state index contributed by atoms with van der Waals surface area (Å²) in [5.41, 5.74) is 0.590. The summed E-state index contributed by atoms with van der Waals surface area (Å²) in [4.78, 5) is 23.0. The number of carbonyl (C=O) groups is 2. The molecule has 2 rings (SSSR count). The van der Waals surface area contributed by atoms with E-state index in [-0.39, 0.29) is 18.9 Å². The number of benzene rings is 1. The zero-order valence-corrected chi connectivity index (χ0v) is 11.5. The first kappa shape index (κ1) is 14.5. The van der Waals surface area contributed by atoms with Crippen molar-refractivity contribution >= 4 is 11.9 Å². The molecule has 108 valence electrons. The molecular weight excluding hydrogens is 258 g/mol. The number of carboxylic acid groups (broad SMARTS) is 1. The van der Waals surface area contributed by atoms with Crippen molar-refractivity contribution in [1.82, 2.24) is 5.32 Å². The Morgan fingerprint density at radius 2 is 2.00 bits per heavy atom. The monoisotopic (exact) mass is 277 g/mol. The second-order valence-electron chi connectivity index (χ2n) is 5.11. The number of ether oxygens (including phenoxy) is 1. The van der Waals surface area contributed by atoms with Gasteiger partial charge in [-0.2, -0.15) is 0 Å². The van der Waals surface area contributed by atoms with E-state index < -0.39 is 17.5 Å². The maximum absolute atomic E-state index is 12.3. The van der Waals surface area contributed by atoms with Crippen LogP contribution in [0.3, 0.4) is 0 Å². The number of methoxy groups -OCH3 is 1. The Labute approximate surface area is 117 Å². The van der Waals surface area contributed by atoms with E-state index in [4.69, 9.17) is 9.84 Å². The van der Waals surface area contributed by atoms with Gasteiger partial charge in [0.25, 0.3) is 0 Å². The molecule has 20 heavy (non-hydrogen) atoms. The predicted octanol–water partition coefficient (Wildman–Crippen LogP) is 1.32. The summed E-state index contributed by atoms with van der Waals surface area (Å²) < 4.78 is 5.05. The molecule has 0 aromatic heterocycles. The minimum absolute atomic E-state index is 0.0452. The Morgan fingerprint density at radius 3 is 2.50 bits per heavy atom. The lowest BCUT2D eigenvalue weighted by molar-refractivity contribution is -0.140. The molecule has 5 heteroatoms. The highest BCUT2D eigenvalue weighted by Crippen LogP contribution is 2.48. The average molecular weight is 277 g/mol. The molecule has 0 spiro atoms. The van der Waals surface area contributed by atoms with Crippen molar-refractivity contribution < 1.29 is 19.4 Å². The highest BCUT2D eigenvalue weighted by Gasteiger charge is 2.51. The van der Waals surface area contributed by atoms with Gasteiger partial charge in [-0.25, -0.2) is 0 Å². The molecule has 0 radical (unpaired) electrons. The Balaban J connectivity index is 1.94. The van der Waals surface area contributed by atoms with Gasteiger partial charge in [0.1, 0.15) is 0 Å². The molecule has 1 aliphatic rings. The molecule has 1 amide bonds. The molecule has 0 bridgehead atoms. The van der Waals surface area contributed by atoms with Crippen LogP contribution in [0.4, 0.5) is 0 Å². The van der Waals surface area contributed by atoms with E-state index in [0.717, 1.165) is 18.4 Å². The number of hydrogen-bond acceptors (Lipinski definition) is 3. The van der Waals surface area contributed by atoms with Crippen LogP contribution in [0.1, 0.15) is 24.8 Å². The molecule has 1 atom stereocenters. The molecule has 0 heterocycles. The topological polar surface area (TPSA) is 75.6 Å². The van der Waals surface area contributed by atoms with Gasteiger partial charge in [-0.3, -0.25) is 9.59 Å². The first-order valence-electron chi connectivity index (χ1n) is 6.67. The van der Waals surface area contributed by atoms with Crippen molar-refractivity contribution in [1.29, 1.82) is 0 Å². The molecule has 1 aromatic carbocycles. The van der Waals surface area contributed by atoms with Gasteiger partial charge in [-0.1, -0.05) is 30.3 Å². The third-order valence-electron chi connectivity index (χ3n) is 3.74. The Bertz CT molecular complexity index is 482. The van der Waals surface area contributed by atoms with Gasteiger partial charge in [0.15, 0.2) is 0 Å². The molecule has 1 saturated carbocycles. The SMILES string of the molecule is COC(CNC(=O)C1(c2ccccc2)CC1)CC(=O)O. The van der Waals surface area contributed by atoms with Gasteiger partial charge in [0, 0.05) is 13.7 Å². The molecule has 1 aliphatic carbocycles. The largest absolute Gasteiger partial charge is 0.481 e. The highest BCUT2D eigenvalue weighted by molar-refractivity contribution is 5.91. The first-order valence-corrected chi connectivity index (χ1v) is 6.67. The number of nitrogens with one attached hydrogen (secondary N) is 1. The molecular formula is C15H19NO4. The van der Waals surface area contributed by atoms with Gasteiger partial charge in [0.2, 0.25) is 5.91 Å². The Hall–Kier alpha value is -1.88. The number of carbonyl (C=O) groups excluding carboxylic acids is 1. The number of aliphatic carboxylic acids is 1. The minimum Gasteiger partial charge on any atom is -0.481 e. The average Bonchev–Trinajstić information content (AvgIpc) is 3.25. The zero-order valence-electron chi connectivity index (χ0n) is 11.5. The summed E-state index contributed by atoms with van der Waals surface area (Å²) in [5, 5.41) is 11.6. The van der Waals surface area contributed by atoms with Crippen LogP contribution in [0.15, 0.2) is 30.3 Å². The van der Waals surface area contributed by atoms with E-state index in [9.17, 15) is 9.59 Å². The number of rotatable bonds is 7. The fourth-order valence-corrected chi connectivity index (χ4v) is 2.34. The quantitative estimate of drug-likeness (QED) is 0.788. The molecule has 1 aromatic rings. The summed E-state index contributed by atoms with van der Waals surface area (Å²) in [5.74, 6) is -0.980. The summed E-state index contributed by atoms with van der Waals surface area (Å²) in [7, 11) is 1.45. The maximum Gasteiger partial charge on any atom is 0.306 e. The molecule has 2 N–H and O–H groups in total. The van der Waals surface area contributed by atoms with Crippen LogP contribution >= 0.6 is 0 Å². The van der Waals surface area contributed by atoms with Crippen molar-refractivity contribution in [2.45, 2.75) is 30.8 Å². The minimum atomic E-state index is -0.935. The molecule has 5 nitrogen and oxygen atoms in total. The smallest absolute Gasteiger partial charge is 0.306 e. The first-order chi connectivity index (χ1) is 9.58. The van der Waals surface area contributed by atoms with E-state index in [1.807, 2.05) is 30.3 Å². The van der Waals surface area contributed by atoms with Crippen molar-refractivity contribution in [3.05, 3.63) is 35.9 Å². The van der Waals surface area contributed by atoms with Crippen molar-refractivity contribution in [3.63, 3.8) is 0 Å². The lowest BCUT2D eigenvalue weighted by Crippen LogP contribution is -2.40. The van der Waals surface area contributed by atoms with Crippen molar-refractivity contribution in [3.8, 4) is 0 Å². The molecule has 1 fully saturated rings. The van der Waals surface area contributed by atoms with Crippen molar-refractivity contribution in [2.75, 3.05) is 13.7 Å². The van der Waals surface area contributed by atoms with Crippen LogP contribution in [0.5, 0.6) is 0 Å². The lowest BCUT2D eigenvalue weighted by Gasteiger charge is -2.19. The van der Waals surface area contributed by atoms with Crippen LogP contribution < -0.4 is 5.32 Å².